The maximum absolute atomic E-state index is 12.0. The van der Waals surface area contributed by atoms with Gasteiger partial charge in [0.25, 0.3) is 0 Å². The first kappa shape index (κ1) is 17.1. The largest absolute Gasteiger partial charge is 0.352 e. The van der Waals surface area contributed by atoms with E-state index in [2.05, 4.69) is 20.8 Å². The van der Waals surface area contributed by atoms with Crippen LogP contribution < -0.4 is 10.7 Å². The van der Waals surface area contributed by atoms with Gasteiger partial charge in [-0.15, -0.1) is 0 Å². The molecule has 1 fully saturated rings. The molecule has 0 aromatic carbocycles. The Morgan fingerprint density at radius 3 is 2.78 bits per heavy atom. The SMILES string of the molecule is CC(CC(=O)NCc1cccnc1)=NNC(=O)C1CCCCC1. The molecular formula is C17H24N4O2. The van der Waals surface area contributed by atoms with E-state index in [4.69, 9.17) is 0 Å². The number of nitrogens with zero attached hydrogens (tertiary/aromatic N) is 2. The minimum Gasteiger partial charge on any atom is -0.352 e. The molecule has 1 heterocycles. The van der Waals surface area contributed by atoms with Crippen molar-refractivity contribution in [1.82, 2.24) is 15.7 Å². The van der Waals surface area contributed by atoms with Gasteiger partial charge in [0.15, 0.2) is 0 Å². The van der Waals surface area contributed by atoms with E-state index in [9.17, 15) is 9.59 Å². The molecule has 0 aliphatic heterocycles. The van der Waals surface area contributed by atoms with Gasteiger partial charge in [-0.2, -0.15) is 5.10 Å². The monoisotopic (exact) mass is 316 g/mol. The summed E-state index contributed by atoms with van der Waals surface area (Å²) in [6.07, 6.45) is 8.88. The molecule has 2 N–H and O–H groups in total. The molecule has 6 nitrogen and oxygen atoms in total. The zero-order valence-electron chi connectivity index (χ0n) is 13.5. The first-order chi connectivity index (χ1) is 11.1. The van der Waals surface area contributed by atoms with Gasteiger partial charge in [0.1, 0.15) is 0 Å². The molecule has 124 valence electrons. The second-order valence-electron chi connectivity index (χ2n) is 5.97. The summed E-state index contributed by atoms with van der Waals surface area (Å²) >= 11 is 0. The predicted molar refractivity (Wildman–Crippen MR) is 88.5 cm³/mol. The normalized spacial score (nSPS) is 16.0. The molecule has 23 heavy (non-hydrogen) atoms. The van der Waals surface area contributed by atoms with E-state index in [0.29, 0.717) is 12.3 Å². The van der Waals surface area contributed by atoms with Crippen molar-refractivity contribution in [1.29, 1.82) is 0 Å². The Bertz CT molecular complexity index is 551. The number of rotatable bonds is 6. The summed E-state index contributed by atoms with van der Waals surface area (Å²) in [6, 6.07) is 3.73. The molecule has 1 aliphatic carbocycles. The van der Waals surface area contributed by atoms with Crippen LogP contribution >= 0.6 is 0 Å². The van der Waals surface area contributed by atoms with Crippen LogP contribution in [0.5, 0.6) is 0 Å². The van der Waals surface area contributed by atoms with Crippen molar-refractivity contribution >= 4 is 17.5 Å². The summed E-state index contributed by atoms with van der Waals surface area (Å²) in [5.74, 6) is -0.0819. The first-order valence-electron chi connectivity index (χ1n) is 8.14. The van der Waals surface area contributed by atoms with Crippen molar-refractivity contribution in [2.45, 2.75) is 52.0 Å². The Morgan fingerprint density at radius 1 is 1.30 bits per heavy atom. The molecule has 0 radical (unpaired) electrons. The number of pyridine rings is 1. The van der Waals surface area contributed by atoms with Crippen molar-refractivity contribution in [3.8, 4) is 0 Å². The van der Waals surface area contributed by atoms with Crippen LogP contribution in [0.4, 0.5) is 0 Å². The lowest BCUT2D eigenvalue weighted by molar-refractivity contribution is -0.126. The van der Waals surface area contributed by atoms with Gasteiger partial charge in [0.05, 0.1) is 6.42 Å². The van der Waals surface area contributed by atoms with Crippen LogP contribution in [-0.4, -0.2) is 22.5 Å². The quantitative estimate of drug-likeness (QED) is 0.623. The standard InChI is InChI=1S/C17H24N4O2/c1-13(20-21-17(23)15-7-3-2-4-8-15)10-16(22)19-12-14-6-5-9-18-11-14/h5-6,9,11,15H,2-4,7-8,10,12H2,1H3,(H,19,22)(H,21,23). The number of hydrazone groups is 1. The molecule has 1 aromatic heterocycles. The Morgan fingerprint density at radius 2 is 2.09 bits per heavy atom. The smallest absolute Gasteiger partial charge is 0.243 e. The molecule has 0 unspecified atom stereocenters. The van der Waals surface area contributed by atoms with Crippen molar-refractivity contribution in [3.05, 3.63) is 30.1 Å². The Labute approximate surface area is 136 Å². The zero-order valence-corrected chi connectivity index (χ0v) is 13.5. The fourth-order valence-corrected chi connectivity index (χ4v) is 2.64. The predicted octanol–water partition coefficient (Wildman–Crippen LogP) is 2.16. The van der Waals surface area contributed by atoms with Gasteiger partial charge in [0.2, 0.25) is 11.8 Å². The summed E-state index contributed by atoms with van der Waals surface area (Å²) in [4.78, 5) is 27.8. The molecular weight excluding hydrogens is 292 g/mol. The third kappa shape index (κ3) is 6.18. The molecule has 0 bridgehead atoms. The molecule has 0 saturated heterocycles. The highest BCUT2D eigenvalue weighted by molar-refractivity contribution is 6.00. The lowest BCUT2D eigenvalue weighted by atomic mass is 9.89. The van der Waals surface area contributed by atoms with Crippen LogP contribution in [-0.2, 0) is 16.1 Å². The van der Waals surface area contributed by atoms with E-state index in [-0.39, 0.29) is 24.2 Å². The zero-order chi connectivity index (χ0) is 16.5. The average molecular weight is 316 g/mol. The molecule has 2 amide bonds. The number of carbonyl (C=O) groups is 2. The summed E-state index contributed by atoms with van der Waals surface area (Å²) in [5.41, 5.74) is 4.13. The van der Waals surface area contributed by atoms with Crippen LogP contribution in [0.2, 0.25) is 0 Å². The third-order valence-electron chi connectivity index (χ3n) is 3.96. The Hall–Kier alpha value is -2.24. The van der Waals surface area contributed by atoms with Crippen LogP contribution in [0.15, 0.2) is 29.6 Å². The van der Waals surface area contributed by atoms with Gasteiger partial charge in [-0.3, -0.25) is 14.6 Å². The maximum atomic E-state index is 12.0. The van der Waals surface area contributed by atoms with E-state index >= 15 is 0 Å². The lowest BCUT2D eigenvalue weighted by Crippen LogP contribution is -2.30. The van der Waals surface area contributed by atoms with Crippen molar-refractivity contribution in [2.24, 2.45) is 11.0 Å². The van der Waals surface area contributed by atoms with Gasteiger partial charge in [-0.1, -0.05) is 25.3 Å². The number of hydrogen-bond acceptors (Lipinski definition) is 4. The summed E-state index contributed by atoms with van der Waals surface area (Å²) in [5, 5.41) is 6.85. The second kappa shape index (κ2) is 9.02. The number of aromatic nitrogens is 1. The van der Waals surface area contributed by atoms with Gasteiger partial charge in [-0.05, 0) is 31.4 Å². The second-order valence-corrected chi connectivity index (χ2v) is 5.97. The van der Waals surface area contributed by atoms with Crippen molar-refractivity contribution in [3.63, 3.8) is 0 Å². The maximum Gasteiger partial charge on any atom is 0.243 e. The Kier molecular flexibility index (Phi) is 6.72. The fraction of sp³-hybridized carbons (Fsp3) is 0.529. The van der Waals surface area contributed by atoms with E-state index < -0.39 is 0 Å². The highest BCUT2D eigenvalue weighted by Crippen LogP contribution is 2.23. The Balaban J connectivity index is 1.71. The van der Waals surface area contributed by atoms with Crippen molar-refractivity contribution in [2.75, 3.05) is 0 Å². The van der Waals surface area contributed by atoms with E-state index in [0.717, 1.165) is 31.2 Å². The van der Waals surface area contributed by atoms with Gasteiger partial charge in [-0.25, -0.2) is 5.43 Å². The van der Waals surface area contributed by atoms with Crippen LogP contribution in [0, 0.1) is 5.92 Å². The molecule has 0 atom stereocenters. The molecule has 0 spiro atoms. The summed E-state index contributed by atoms with van der Waals surface area (Å²) in [6.45, 7) is 2.18. The van der Waals surface area contributed by atoms with Gasteiger partial charge >= 0.3 is 0 Å². The van der Waals surface area contributed by atoms with Crippen LogP contribution in [0.25, 0.3) is 0 Å². The molecule has 2 rings (SSSR count). The molecule has 1 saturated carbocycles. The third-order valence-corrected chi connectivity index (χ3v) is 3.96. The van der Waals surface area contributed by atoms with E-state index in [1.54, 1.807) is 19.3 Å². The first-order valence-corrected chi connectivity index (χ1v) is 8.14. The van der Waals surface area contributed by atoms with Crippen LogP contribution in [0.1, 0.15) is 51.0 Å². The number of hydrogen-bond donors (Lipinski definition) is 2. The molecule has 1 aliphatic rings. The van der Waals surface area contributed by atoms with Crippen LogP contribution in [0.3, 0.4) is 0 Å². The minimum atomic E-state index is -0.123. The highest BCUT2D eigenvalue weighted by atomic mass is 16.2. The molecule has 1 aromatic rings. The summed E-state index contributed by atoms with van der Waals surface area (Å²) < 4.78 is 0. The topological polar surface area (TPSA) is 83.4 Å². The number of carbonyl (C=O) groups excluding carboxylic acids is 2. The highest BCUT2D eigenvalue weighted by Gasteiger charge is 2.20. The minimum absolute atomic E-state index is 0.0279. The lowest BCUT2D eigenvalue weighted by Gasteiger charge is -2.19. The van der Waals surface area contributed by atoms with E-state index in [1.807, 2.05) is 12.1 Å². The van der Waals surface area contributed by atoms with E-state index in [1.165, 1.54) is 6.42 Å². The van der Waals surface area contributed by atoms with Gasteiger partial charge < -0.3 is 5.32 Å². The average Bonchev–Trinajstić information content (AvgIpc) is 2.59. The molecule has 6 heteroatoms. The number of nitrogens with one attached hydrogen (secondary N) is 2. The van der Waals surface area contributed by atoms with Crippen molar-refractivity contribution < 1.29 is 9.59 Å². The number of amides is 2. The summed E-state index contributed by atoms with van der Waals surface area (Å²) in [7, 11) is 0. The fourth-order valence-electron chi connectivity index (χ4n) is 2.64. The van der Waals surface area contributed by atoms with Gasteiger partial charge in [0, 0.05) is 30.6 Å².